The number of ether oxygens (including phenoxy) is 1. The lowest BCUT2D eigenvalue weighted by molar-refractivity contribution is -0.121. The Morgan fingerprint density at radius 1 is 1.00 bits per heavy atom. The van der Waals surface area contributed by atoms with Crippen LogP contribution in [-0.4, -0.2) is 36.6 Å². The molecule has 26 heavy (non-hydrogen) atoms. The molecule has 0 aliphatic carbocycles. The number of anilines is 1. The smallest absolute Gasteiger partial charge is 0.412 e. The first kappa shape index (κ1) is 21.5. The summed E-state index contributed by atoms with van der Waals surface area (Å²) in [6.45, 7) is 7.80. The second-order valence-electron chi connectivity index (χ2n) is 7.01. The minimum Gasteiger partial charge on any atom is -0.444 e. The maximum atomic E-state index is 11.7. The van der Waals surface area contributed by atoms with Gasteiger partial charge in [-0.2, -0.15) is 0 Å². The molecule has 0 atom stereocenters. The van der Waals surface area contributed by atoms with Crippen molar-refractivity contribution in [1.82, 2.24) is 10.6 Å². The van der Waals surface area contributed by atoms with Gasteiger partial charge in [0.05, 0.1) is 0 Å². The minimum atomic E-state index is -0.531. The molecule has 144 valence electrons. The number of amides is 3. The predicted molar refractivity (Wildman–Crippen MR) is 101 cm³/mol. The van der Waals surface area contributed by atoms with Crippen molar-refractivity contribution in [2.45, 2.75) is 52.6 Å². The van der Waals surface area contributed by atoms with Gasteiger partial charge in [0.25, 0.3) is 0 Å². The summed E-state index contributed by atoms with van der Waals surface area (Å²) in [5.74, 6) is -0.210. The second kappa shape index (κ2) is 10.4. The summed E-state index contributed by atoms with van der Waals surface area (Å²) in [4.78, 5) is 34.0. The van der Waals surface area contributed by atoms with E-state index < -0.39 is 11.7 Å². The van der Waals surface area contributed by atoms with Crippen molar-refractivity contribution in [1.29, 1.82) is 0 Å². The summed E-state index contributed by atoms with van der Waals surface area (Å²) in [5, 5.41) is 8.09. The number of benzene rings is 1. The van der Waals surface area contributed by atoms with Crippen LogP contribution in [0.3, 0.4) is 0 Å². The van der Waals surface area contributed by atoms with Gasteiger partial charge in [-0.15, -0.1) is 0 Å². The van der Waals surface area contributed by atoms with Crippen LogP contribution in [0.15, 0.2) is 24.3 Å². The maximum absolute atomic E-state index is 11.7. The molecule has 1 rings (SSSR count). The van der Waals surface area contributed by atoms with Gasteiger partial charge in [-0.05, 0) is 51.3 Å². The molecule has 1 aromatic carbocycles. The maximum Gasteiger partial charge on any atom is 0.412 e. The molecule has 0 spiro atoms. The molecule has 3 N–H and O–H groups in total. The fourth-order valence-electron chi connectivity index (χ4n) is 2.14. The Morgan fingerprint density at radius 2 is 1.65 bits per heavy atom. The minimum absolute atomic E-state index is 0.0735. The topological polar surface area (TPSA) is 96.5 Å². The van der Waals surface area contributed by atoms with E-state index in [4.69, 9.17) is 4.74 Å². The van der Waals surface area contributed by atoms with Gasteiger partial charge in [-0.1, -0.05) is 12.1 Å². The Bertz CT molecular complexity index is 606. The molecule has 0 heterocycles. The van der Waals surface area contributed by atoms with Gasteiger partial charge >= 0.3 is 6.09 Å². The fraction of sp³-hybridized carbons (Fsp3) is 0.526. The number of hydrogen-bond acceptors (Lipinski definition) is 4. The number of rotatable bonds is 8. The van der Waals surface area contributed by atoms with E-state index in [-0.39, 0.29) is 18.2 Å². The molecule has 0 aromatic heterocycles. The van der Waals surface area contributed by atoms with Crippen molar-refractivity contribution in [3.8, 4) is 0 Å². The molecule has 0 aliphatic heterocycles. The molecule has 7 nitrogen and oxygen atoms in total. The van der Waals surface area contributed by atoms with E-state index in [1.165, 1.54) is 6.92 Å². The Morgan fingerprint density at radius 3 is 2.23 bits per heavy atom. The number of carbonyl (C=O) groups excluding carboxylic acids is 3. The Balaban J connectivity index is 2.25. The van der Waals surface area contributed by atoms with Gasteiger partial charge in [0.1, 0.15) is 5.60 Å². The number of nitrogens with one attached hydrogen (secondary N) is 3. The van der Waals surface area contributed by atoms with Gasteiger partial charge in [-0.3, -0.25) is 14.9 Å². The van der Waals surface area contributed by atoms with Crippen molar-refractivity contribution in [3.05, 3.63) is 29.8 Å². The zero-order valence-corrected chi connectivity index (χ0v) is 16.0. The van der Waals surface area contributed by atoms with Gasteiger partial charge in [0.2, 0.25) is 11.8 Å². The average molecular weight is 363 g/mol. The SMILES string of the molecule is CC(=O)NCCC(=O)NCCCc1ccc(NC(=O)OC(C)(C)C)cc1. The third kappa shape index (κ3) is 10.3. The number of carbonyl (C=O) groups is 3. The summed E-state index contributed by atoms with van der Waals surface area (Å²) < 4.78 is 5.20. The lowest BCUT2D eigenvalue weighted by Gasteiger charge is -2.19. The van der Waals surface area contributed by atoms with Crippen LogP contribution < -0.4 is 16.0 Å². The van der Waals surface area contributed by atoms with Crippen molar-refractivity contribution < 1.29 is 19.1 Å². The largest absolute Gasteiger partial charge is 0.444 e. The third-order valence-corrected chi connectivity index (χ3v) is 3.29. The highest BCUT2D eigenvalue weighted by Gasteiger charge is 2.16. The molecule has 0 saturated carbocycles. The summed E-state index contributed by atoms with van der Waals surface area (Å²) in [7, 11) is 0. The average Bonchev–Trinajstić information content (AvgIpc) is 2.51. The van der Waals surface area contributed by atoms with E-state index in [1.807, 2.05) is 45.0 Å². The van der Waals surface area contributed by atoms with Crippen LogP contribution in [0.5, 0.6) is 0 Å². The van der Waals surface area contributed by atoms with Gasteiger partial charge in [0.15, 0.2) is 0 Å². The molecular weight excluding hydrogens is 334 g/mol. The quantitative estimate of drug-likeness (QED) is 0.619. The first-order valence-corrected chi connectivity index (χ1v) is 8.76. The Hall–Kier alpha value is -2.57. The van der Waals surface area contributed by atoms with Crippen LogP contribution in [0, 0.1) is 0 Å². The molecule has 0 saturated heterocycles. The van der Waals surface area contributed by atoms with Crippen LogP contribution >= 0.6 is 0 Å². The molecule has 3 amide bonds. The molecule has 0 unspecified atom stereocenters. The highest BCUT2D eigenvalue weighted by molar-refractivity contribution is 5.84. The fourth-order valence-corrected chi connectivity index (χ4v) is 2.14. The Labute approximate surface area is 154 Å². The molecule has 0 fully saturated rings. The van der Waals surface area contributed by atoms with E-state index in [0.717, 1.165) is 18.4 Å². The molecule has 7 heteroatoms. The monoisotopic (exact) mass is 363 g/mol. The first-order chi connectivity index (χ1) is 12.2. The molecule has 0 radical (unpaired) electrons. The summed E-state index contributed by atoms with van der Waals surface area (Å²) >= 11 is 0. The van der Waals surface area contributed by atoms with Crippen LogP contribution in [0.1, 0.15) is 46.1 Å². The normalized spacial score (nSPS) is 10.8. The first-order valence-electron chi connectivity index (χ1n) is 8.76. The van der Waals surface area contributed by atoms with Crippen molar-refractivity contribution in [2.75, 3.05) is 18.4 Å². The highest BCUT2D eigenvalue weighted by atomic mass is 16.6. The van der Waals surface area contributed by atoms with E-state index >= 15 is 0 Å². The van der Waals surface area contributed by atoms with Gasteiger partial charge < -0.3 is 15.4 Å². The molecular formula is C19H29N3O4. The van der Waals surface area contributed by atoms with E-state index in [0.29, 0.717) is 18.8 Å². The summed E-state index contributed by atoms with van der Waals surface area (Å²) in [6, 6.07) is 7.52. The second-order valence-corrected chi connectivity index (χ2v) is 7.01. The lowest BCUT2D eigenvalue weighted by atomic mass is 10.1. The predicted octanol–water partition coefficient (Wildman–Crippen LogP) is 2.61. The molecule has 0 aliphatic rings. The van der Waals surface area contributed by atoms with Crippen molar-refractivity contribution >= 4 is 23.6 Å². The van der Waals surface area contributed by atoms with Crippen LogP contribution in [0.2, 0.25) is 0 Å². The van der Waals surface area contributed by atoms with Gasteiger partial charge in [-0.25, -0.2) is 4.79 Å². The highest BCUT2D eigenvalue weighted by Crippen LogP contribution is 2.13. The summed E-state index contributed by atoms with van der Waals surface area (Å²) in [5.41, 5.74) is 1.26. The summed E-state index contributed by atoms with van der Waals surface area (Å²) in [6.07, 6.45) is 1.43. The van der Waals surface area contributed by atoms with Crippen LogP contribution in [-0.2, 0) is 20.7 Å². The lowest BCUT2D eigenvalue weighted by Crippen LogP contribution is -2.30. The molecule has 0 bridgehead atoms. The zero-order valence-electron chi connectivity index (χ0n) is 16.0. The van der Waals surface area contributed by atoms with Crippen molar-refractivity contribution in [2.24, 2.45) is 0 Å². The molecule has 1 aromatic rings. The Kier molecular flexibility index (Phi) is 8.61. The standard InChI is InChI=1S/C19H29N3O4/c1-14(23)20-13-11-17(24)21-12-5-6-15-7-9-16(10-8-15)22-18(25)26-19(2,3)4/h7-10H,5-6,11-13H2,1-4H3,(H,20,23)(H,21,24)(H,22,25). The van der Waals surface area contributed by atoms with Crippen LogP contribution in [0.4, 0.5) is 10.5 Å². The van der Waals surface area contributed by atoms with Crippen molar-refractivity contribution in [3.63, 3.8) is 0 Å². The zero-order chi connectivity index (χ0) is 19.6. The van der Waals surface area contributed by atoms with E-state index in [2.05, 4.69) is 16.0 Å². The van der Waals surface area contributed by atoms with Gasteiger partial charge in [0, 0.05) is 32.1 Å². The number of hydrogen-bond donors (Lipinski definition) is 3. The number of aryl methyl sites for hydroxylation is 1. The van der Waals surface area contributed by atoms with E-state index in [1.54, 1.807) is 0 Å². The third-order valence-electron chi connectivity index (χ3n) is 3.29. The van der Waals surface area contributed by atoms with Crippen LogP contribution in [0.25, 0.3) is 0 Å². The van der Waals surface area contributed by atoms with E-state index in [9.17, 15) is 14.4 Å².